The summed E-state index contributed by atoms with van der Waals surface area (Å²) in [6, 6.07) is 8.62. The molecule has 0 unspecified atom stereocenters. The molecular weight excluding hydrogens is 242 g/mol. The molecule has 0 bridgehead atoms. The first-order valence-corrected chi connectivity index (χ1v) is 6.86. The maximum absolute atomic E-state index is 4.36. The van der Waals surface area contributed by atoms with Gasteiger partial charge in [-0.1, -0.05) is 18.2 Å². The minimum Gasteiger partial charge on any atom is -0.340 e. The zero-order valence-electron chi connectivity index (χ0n) is 10.3. The van der Waals surface area contributed by atoms with E-state index in [-0.39, 0.29) is 0 Å². The Kier molecular flexibility index (Phi) is 3.13. The lowest BCUT2D eigenvalue weighted by Gasteiger charge is -2.08. The molecule has 0 radical (unpaired) electrons. The van der Waals surface area contributed by atoms with E-state index < -0.39 is 0 Å². The highest BCUT2D eigenvalue weighted by atomic mass is 32.1. The second-order valence-electron chi connectivity index (χ2n) is 4.25. The number of aromatic nitrogens is 2. The van der Waals surface area contributed by atoms with Crippen molar-refractivity contribution in [1.29, 1.82) is 0 Å². The highest BCUT2D eigenvalue weighted by Gasteiger charge is 2.07. The predicted octanol–water partition coefficient (Wildman–Crippen LogP) is 2.87. The average molecular weight is 257 g/mol. The van der Waals surface area contributed by atoms with Crippen LogP contribution >= 0.6 is 11.3 Å². The minimum atomic E-state index is 0.849. The molecule has 18 heavy (non-hydrogen) atoms. The normalized spacial score (nSPS) is 11.2. The van der Waals surface area contributed by atoms with Crippen molar-refractivity contribution in [2.45, 2.75) is 13.1 Å². The van der Waals surface area contributed by atoms with E-state index in [1.54, 1.807) is 11.3 Å². The van der Waals surface area contributed by atoms with Gasteiger partial charge in [0.05, 0.1) is 12.1 Å². The lowest BCUT2D eigenvalue weighted by atomic mass is 10.1. The Balaban J connectivity index is 2.06. The van der Waals surface area contributed by atoms with Gasteiger partial charge >= 0.3 is 0 Å². The molecule has 3 rings (SSSR count). The van der Waals surface area contributed by atoms with E-state index in [1.807, 2.05) is 18.6 Å². The summed E-state index contributed by atoms with van der Waals surface area (Å²) in [5, 5.41) is 7.69. The lowest BCUT2D eigenvalue weighted by molar-refractivity contribution is 0.793. The standard InChI is InChI=1S/C14H15N3S/c1-15-9-12-4-2-3-11-5-7-17(14(11)12)10-13-16-6-8-18-13/h2-8,15H,9-10H2,1H3. The molecule has 0 saturated carbocycles. The predicted molar refractivity (Wildman–Crippen MR) is 75.9 cm³/mol. The Morgan fingerprint density at radius 2 is 2.28 bits per heavy atom. The van der Waals surface area contributed by atoms with Crippen LogP contribution < -0.4 is 5.32 Å². The van der Waals surface area contributed by atoms with E-state index in [0.29, 0.717) is 0 Å². The van der Waals surface area contributed by atoms with Gasteiger partial charge in [-0.05, 0) is 24.1 Å². The van der Waals surface area contributed by atoms with Gasteiger partial charge in [0.1, 0.15) is 5.01 Å². The van der Waals surface area contributed by atoms with Crippen molar-refractivity contribution in [3.63, 3.8) is 0 Å². The molecule has 0 saturated heterocycles. The molecule has 0 aliphatic carbocycles. The number of thiazole rings is 1. The second-order valence-corrected chi connectivity index (χ2v) is 5.23. The molecule has 4 heteroatoms. The summed E-state index contributed by atoms with van der Waals surface area (Å²) in [5.41, 5.74) is 2.64. The molecular formula is C14H15N3S. The summed E-state index contributed by atoms with van der Waals surface area (Å²) in [5.74, 6) is 0. The van der Waals surface area contributed by atoms with Crippen LogP contribution in [0.15, 0.2) is 42.0 Å². The zero-order valence-corrected chi connectivity index (χ0v) is 11.1. The Bertz CT molecular complexity index is 640. The number of hydrogen-bond acceptors (Lipinski definition) is 3. The molecule has 3 nitrogen and oxygen atoms in total. The molecule has 2 heterocycles. The van der Waals surface area contributed by atoms with Crippen molar-refractivity contribution in [1.82, 2.24) is 14.9 Å². The van der Waals surface area contributed by atoms with Gasteiger partial charge in [0.15, 0.2) is 0 Å². The Labute approximate surface area is 110 Å². The van der Waals surface area contributed by atoms with E-state index in [1.165, 1.54) is 16.5 Å². The monoisotopic (exact) mass is 257 g/mol. The van der Waals surface area contributed by atoms with Crippen LogP contribution in [0, 0.1) is 0 Å². The number of benzene rings is 1. The van der Waals surface area contributed by atoms with Crippen molar-refractivity contribution in [3.05, 3.63) is 52.6 Å². The summed E-state index contributed by atoms with van der Waals surface area (Å²) in [6.45, 7) is 1.74. The fourth-order valence-electron chi connectivity index (χ4n) is 2.28. The number of para-hydroxylation sites is 1. The van der Waals surface area contributed by atoms with Crippen LogP contribution in [0.2, 0.25) is 0 Å². The van der Waals surface area contributed by atoms with Gasteiger partial charge in [-0.25, -0.2) is 4.98 Å². The third-order valence-electron chi connectivity index (χ3n) is 3.03. The Morgan fingerprint density at radius 3 is 3.06 bits per heavy atom. The van der Waals surface area contributed by atoms with Crippen molar-refractivity contribution in [3.8, 4) is 0 Å². The largest absolute Gasteiger partial charge is 0.340 e. The van der Waals surface area contributed by atoms with Crippen LogP contribution in [-0.2, 0) is 13.1 Å². The van der Waals surface area contributed by atoms with Crippen molar-refractivity contribution < 1.29 is 0 Å². The summed E-state index contributed by atoms with van der Waals surface area (Å²) >= 11 is 1.70. The quantitative estimate of drug-likeness (QED) is 0.779. The van der Waals surface area contributed by atoms with Gasteiger partial charge in [-0.2, -0.15) is 0 Å². The number of hydrogen-bond donors (Lipinski definition) is 1. The van der Waals surface area contributed by atoms with Gasteiger partial charge in [0.2, 0.25) is 0 Å². The van der Waals surface area contributed by atoms with E-state index in [4.69, 9.17) is 0 Å². The first kappa shape index (κ1) is 11.4. The van der Waals surface area contributed by atoms with Crippen LogP contribution in [0.3, 0.4) is 0 Å². The van der Waals surface area contributed by atoms with Gasteiger partial charge in [-0.3, -0.25) is 0 Å². The van der Waals surface area contributed by atoms with Crippen molar-refractivity contribution in [2.24, 2.45) is 0 Å². The van der Waals surface area contributed by atoms with Gasteiger partial charge < -0.3 is 9.88 Å². The maximum atomic E-state index is 4.36. The molecule has 0 aliphatic heterocycles. The maximum Gasteiger partial charge on any atom is 0.112 e. The van der Waals surface area contributed by atoms with E-state index in [2.05, 4.69) is 45.3 Å². The summed E-state index contributed by atoms with van der Waals surface area (Å²) in [6.07, 6.45) is 4.01. The second kappa shape index (κ2) is 4.92. The van der Waals surface area contributed by atoms with Gasteiger partial charge in [0, 0.05) is 24.3 Å². The molecule has 1 aromatic carbocycles. The van der Waals surface area contributed by atoms with E-state index in [0.717, 1.165) is 18.1 Å². The van der Waals surface area contributed by atoms with Crippen LogP contribution in [0.4, 0.5) is 0 Å². The zero-order chi connectivity index (χ0) is 12.4. The van der Waals surface area contributed by atoms with E-state index >= 15 is 0 Å². The van der Waals surface area contributed by atoms with Crippen molar-refractivity contribution in [2.75, 3.05) is 7.05 Å². The fourth-order valence-corrected chi connectivity index (χ4v) is 2.90. The molecule has 0 fully saturated rings. The topological polar surface area (TPSA) is 29.9 Å². The third-order valence-corrected chi connectivity index (χ3v) is 3.79. The highest BCUT2D eigenvalue weighted by molar-refractivity contribution is 7.09. The molecule has 3 aromatic rings. The Morgan fingerprint density at radius 1 is 1.33 bits per heavy atom. The Hall–Kier alpha value is -1.65. The summed E-state index contributed by atoms with van der Waals surface area (Å²) in [4.78, 5) is 4.36. The van der Waals surface area contributed by atoms with Gasteiger partial charge in [0.25, 0.3) is 0 Å². The highest BCUT2D eigenvalue weighted by Crippen LogP contribution is 2.22. The molecule has 0 spiro atoms. The smallest absolute Gasteiger partial charge is 0.112 e. The van der Waals surface area contributed by atoms with Crippen LogP contribution in [0.1, 0.15) is 10.6 Å². The third kappa shape index (κ3) is 2.05. The van der Waals surface area contributed by atoms with Gasteiger partial charge in [-0.15, -0.1) is 11.3 Å². The molecule has 0 atom stereocenters. The summed E-state index contributed by atoms with van der Waals surface area (Å²) in [7, 11) is 1.98. The van der Waals surface area contributed by atoms with Crippen molar-refractivity contribution >= 4 is 22.2 Å². The number of rotatable bonds is 4. The average Bonchev–Trinajstić information content (AvgIpc) is 3.01. The number of nitrogens with one attached hydrogen (secondary N) is 1. The number of nitrogens with zero attached hydrogens (tertiary/aromatic N) is 2. The van der Waals surface area contributed by atoms with Crippen LogP contribution in [0.25, 0.3) is 10.9 Å². The SMILES string of the molecule is CNCc1cccc2ccn(Cc3nccs3)c12. The van der Waals surface area contributed by atoms with Crippen LogP contribution in [0.5, 0.6) is 0 Å². The number of fused-ring (bicyclic) bond motifs is 1. The van der Waals surface area contributed by atoms with Crippen LogP contribution in [-0.4, -0.2) is 16.6 Å². The molecule has 1 N–H and O–H groups in total. The lowest BCUT2D eigenvalue weighted by Crippen LogP contribution is -2.07. The summed E-state index contributed by atoms with van der Waals surface area (Å²) < 4.78 is 2.28. The molecule has 0 aliphatic rings. The first-order chi connectivity index (χ1) is 8.88. The minimum absolute atomic E-state index is 0.849. The van der Waals surface area contributed by atoms with E-state index in [9.17, 15) is 0 Å². The molecule has 92 valence electrons. The first-order valence-electron chi connectivity index (χ1n) is 5.98. The fraction of sp³-hybridized carbons (Fsp3) is 0.214. The molecule has 0 amide bonds. The molecule has 2 aromatic heterocycles.